The van der Waals surface area contributed by atoms with Crippen molar-refractivity contribution >= 4 is 11.9 Å². The minimum atomic E-state index is -0.723. The summed E-state index contributed by atoms with van der Waals surface area (Å²) < 4.78 is 23.9. The molecule has 2 aromatic rings. The maximum absolute atomic E-state index is 13.3. The number of hydrogen-bond donors (Lipinski definition) is 0. The molecule has 0 unspecified atom stereocenters. The molecule has 192 valence electrons. The molecule has 2 aromatic carbocycles. The van der Waals surface area contributed by atoms with E-state index in [1.54, 1.807) is 12.1 Å². The first kappa shape index (κ1) is 28.5. The Bertz CT molecular complexity index is 880. The van der Waals surface area contributed by atoms with E-state index in [-0.39, 0.29) is 16.9 Å². The molecular formula is C30H41FO4. The fraction of sp³-hybridized carbons (Fsp3) is 0.533. The van der Waals surface area contributed by atoms with E-state index in [0.717, 1.165) is 25.3 Å². The molecule has 0 bridgehead atoms. The zero-order valence-corrected chi connectivity index (χ0v) is 21.2. The summed E-state index contributed by atoms with van der Waals surface area (Å²) in [5, 5.41) is 0. The van der Waals surface area contributed by atoms with Crippen LogP contribution in [0.25, 0.3) is 0 Å². The van der Waals surface area contributed by atoms with Crippen LogP contribution in [0.1, 0.15) is 118 Å². The van der Waals surface area contributed by atoms with Gasteiger partial charge in [-0.05, 0) is 30.7 Å². The highest BCUT2D eigenvalue weighted by atomic mass is 19.1. The first-order valence-electron chi connectivity index (χ1n) is 13.4. The lowest BCUT2D eigenvalue weighted by atomic mass is 10.0. The van der Waals surface area contributed by atoms with Gasteiger partial charge in [-0.3, -0.25) is 0 Å². The van der Waals surface area contributed by atoms with Gasteiger partial charge in [0, 0.05) is 6.07 Å². The molecule has 0 saturated carbocycles. The van der Waals surface area contributed by atoms with Crippen LogP contribution in [-0.4, -0.2) is 18.5 Å². The van der Waals surface area contributed by atoms with Gasteiger partial charge in [-0.1, -0.05) is 109 Å². The molecule has 0 aliphatic rings. The highest BCUT2D eigenvalue weighted by Gasteiger charge is 2.19. The monoisotopic (exact) mass is 484 g/mol. The molecule has 0 spiro atoms. The van der Waals surface area contributed by atoms with Gasteiger partial charge < -0.3 is 9.47 Å². The van der Waals surface area contributed by atoms with Gasteiger partial charge in [0.1, 0.15) is 11.6 Å². The smallest absolute Gasteiger partial charge is 0.344 e. The maximum Gasteiger partial charge on any atom is 0.344 e. The standard InChI is InChI=1S/C30H41FO4/c1-2-3-4-5-6-7-8-9-10-11-12-13-14-17-23-34-29(32)27-21-15-16-22-28(27)30(33)35-26-20-18-19-25(31)24-26/h15-16,18-22,24H,2-14,17,23H2,1H3. The van der Waals surface area contributed by atoms with Crippen molar-refractivity contribution in [2.24, 2.45) is 0 Å². The minimum absolute atomic E-state index is 0.0839. The lowest BCUT2D eigenvalue weighted by Crippen LogP contribution is -2.16. The van der Waals surface area contributed by atoms with Gasteiger partial charge in [0.2, 0.25) is 0 Å². The zero-order valence-electron chi connectivity index (χ0n) is 21.2. The molecule has 0 amide bonds. The van der Waals surface area contributed by atoms with Crippen LogP contribution in [0.15, 0.2) is 48.5 Å². The van der Waals surface area contributed by atoms with Crippen LogP contribution in [-0.2, 0) is 4.74 Å². The average molecular weight is 485 g/mol. The third kappa shape index (κ3) is 12.0. The predicted molar refractivity (Wildman–Crippen MR) is 138 cm³/mol. The Labute approximate surface area is 210 Å². The van der Waals surface area contributed by atoms with E-state index in [9.17, 15) is 14.0 Å². The summed E-state index contributed by atoms with van der Waals surface area (Å²) in [6, 6.07) is 11.7. The number of carbonyl (C=O) groups is 2. The summed E-state index contributed by atoms with van der Waals surface area (Å²) in [4.78, 5) is 25.0. The van der Waals surface area contributed by atoms with E-state index in [2.05, 4.69) is 6.92 Å². The summed E-state index contributed by atoms with van der Waals surface area (Å²) in [5.74, 6) is -1.69. The molecule has 0 aliphatic carbocycles. The number of benzene rings is 2. The van der Waals surface area contributed by atoms with Crippen LogP contribution in [0.5, 0.6) is 5.75 Å². The molecular weight excluding hydrogens is 443 g/mol. The largest absolute Gasteiger partial charge is 0.462 e. The van der Waals surface area contributed by atoms with Crippen molar-refractivity contribution in [3.8, 4) is 5.75 Å². The molecule has 4 nitrogen and oxygen atoms in total. The van der Waals surface area contributed by atoms with Crippen LogP contribution >= 0.6 is 0 Å². The van der Waals surface area contributed by atoms with Gasteiger partial charge in [-0.25, -0.2) is 14.0 Å². The lowest BCUT2D eigenvalue weighted by Gasteiger charge is -2.10. The number of hydrogen-bond acceptors (Lipinski definition) is 4. The maximum atomic E-state index is 13.3. The summed E-state index contributed by atoms with van der Waals surface area (Å²) >= 11 is 0. The van der Waals surface area contributed by atoms with E-state index in [0.29, 0.717) is 6.61 Å². The van der Waals surface area contributed by atoms with Crippen molar-refractivity contribution in [2.75, 3.05) is 6.61 Å². The van der Waals surface area contributed by atoms with Crippen molar-refractivity contribution in [3.05, 3.63) is 65.5 Å². The molecule has 0 N–H and O–H groups in total. The first-order chi connectivity index (χ1) is 17.1. The quantitative estimate of drug-likeness (QED) is 0.121. The third-order valence-corrected chi connectivity index (χ3v) is 6.10. The Morgan fingerprint density at radius 3 is 1.71 bits per heavy atom. The number of esters is 2. The molecule has 35 heavy (non-hydrogen) atoms. The molecule has 0 radical (unpaired) electrons. The van der Waals surface area contributed by atoms with Gasteiger partial charge >= 0.3 is 11.9 Å². The predicted octanol–water partition coefficient (Wildman–Crippen LogP) is 8.68. The average Bonchev–Trinajstić information content (AvgIpc) is 2.86. The van der Waals surface area contributed by atoms with Crippen molar-refractivity contribution in [3.63, 3.8) is 0 Å². The second kappa shape index (κ2) is 17.7. The van der Waals surface area contributed by atoms with E-state index >= 15 is 0 Å². The van der Waals surface area contributed by atoms with Gasteiger partial charge in [0.05, 0.1) is 17.7 Å². The third-order valence-electron chi connectivity index (χ3n) is 6.10. The SMILES string of the molecule is CCCCCCCCCCCCCCCCOC(=O)c1ccccc1C(=O)Oc1cccc(F)c1. The van der Waals surface area contributed by atoms with Gasteiger partial charge in [0.15, 0.2) is 0 Å². The fourth-order valence-electron chi connectivity index (χ4n) is 4.07. The minimum Gasteiger partial charge on any atom is -0.462 e. The highest BCUT2D eigenvalue weighted by Crippen LogP contribution is 2.18. The normalized spacial score (nSPS) is 10.8. The molecule has 0 atom stereocenters. The highest BCUT2D eigenvalue weighted by molar-refractivity contribution is 6.03. The summed E-state index contributed by atoms with van der Waals surface area (Å²) in [5.41, 5.74) is 0.252. The van der Waals surface area contributed by atoms with Gasteiger partial charge in [-0.15, -0.1) is 0 Å². The first-order valence-corrected chi connectivity index (χ1v) is 13.4. The van der Waals surface area contributed by atoms with Crippen LogP contribution in [0.3, 0.4) is 0 Å². The molecule has 2 rings (SSSR count). The molecule has 0 aliphatic heterocycles. The Morgan fingerprint density at radius 1 is 0.657 bits per heavy atom. The summed E-state index contributed by atoms with van der Waals surface area (Å²) in [6.07, 6.45) is 17.7. The molecule has 0 fully saturated rings. The second-order valence-corrected chi connectivity index (χ2v) is 9.12. The zero-order chi connectivity index (χ0) is 25.1. The van der Waals surface area contributed by atoms with Crippen molar-refractivity contribution in [1.29, 1.82) is 0 Å². The number of rotatable bonds is 18. The lowest BCUT2D eigenvalue weighted by molar-refractivity contribution is 0.0489. The van der Waals surface area contributed by atoms with Crippen LogP contribution < -0.4 is 4.74 Å². The molecule has 0 heterocycles. The second-order valence-electron chi connectivity index (χ2n) is 9.12. The van der Waals surface area contributed by atoms with Crippen molar-refractivity contribution < 1.29 is 23.5 Å². The Balaban J connectivity index is 1.57. The Kier molecular flexibility index (Phi) is 14.4. The topological polar surface area (TPSA) is 52.6 Å². The Morgan fingerprint density at radius 2 is 1.17 bits per heavy atom. The number of unbranched alkanes of at least 4 members (excludes halogenated alkanes) is 13. The number of halogens is 1. The van der Waals surface area contributed by atoms with Crippen molar-refractivity contribution in [1.82, 2.24) is 0 Å². The van der Waals surface area contributed by atoms with Crippen molar-refractivity contribution in [2.45, 2.75) is 96.8 Å². The van der Waals surface area contributed by atoms with E-state index in [1.165, 1.54) is 101 Å². The van der Waals surface area contributed by atoms with Crippen LogP contribution in [0.4, 0.5) is 4.39 Å². The fourth-order valence-corrected chi connectivity index (χ4v) is 4.07. The van der Waals surface area contributed by atoms with E-state index in [4.69, 9.17) is 9.47 Å². The van der Waals surface area contributed by atoms with E-state index in [1.807, 2.05) is 0 Å². The van der Waals surface area contributed by atoms with Gasteiger partial charge in [0.25, 0.3) is 0 Å². The molecule has 0 saturated heterocycles. The van der Waals surface area contributed by atoms with Crippen LogP contribution in [0.2, 0.25) is 0 Å². The number of carbonyl (C=O) groups excluding carboxylic acids is 2. The summed E-state index contributed by atoms with van der Waals surface area (Å²) in [7, 11) is 0. The summed E-state index contributed by atoms with van der Waals surface area (Å²) in [6.45, 7) is 2.58. The number of ether oxygens (including phenoxy) is 2. The van der Waals surface area contributed by atoms with Gasteiger partial charge in [-0.2, -0.15) is 0 Å². The molecule has 5 heteroatoms. The Hall–Kier alpha value is -2.69. The molecule has 0 aromatic heterocycles. The van der Waals surface area contributed by atoms with Crippen LogP contribution in [0, 0.1) is 5.82 Å². The van der Waals surface area contributed by atoms with E-state index < -0.39 is 17.8 Å².